The summed E-state index contributed by atoms with van der Waals surface area (Å²) in [6, 6.07) is 11.1. The summed E-state index contributed by atoms with van der Waals surface area (Å²) in [5, 5.41) is 12.7. The summed E-state index contributed by atoms with van der Waals surface area (Å²) in [6.07, 6.45) is -3.13. The molecule has 38 heavy (non-hydrogen) atoms. The third-order valence-electron chi connectivity index (χ3n) is 6.60. The molecule has 3 aromatic rings. The summed E-state index contributed by atoms with van der Waals surface area (Å²) < 4.78 is 44.0. The fourth-order valence-corrected chi connectivity index (χ4v) is 5.21. The van der Waals surface area contributed by atoms with Crippen LogP contribution in [-0.4, -0.2) is 48.0 Å². The number of rotatable bonds is 9. The van der Waals surface area contributed by atoms with Crippen LogP contribution in [0.4, 0.5) is 19.0 Å². The summed E-state index contributed by atoms with van der Waals surface area (Å²) in [7, 11) is 0. The second-order valence-corrected chi connectivity index (χ2v) is 10.1. The zero-order valence-electron chi connectivity index (χ0n) is 20.6. The van der Waals surface area contributed by atoms with Gasteiger partial charge in [-0.15, -0.1) is 13.2 Å². The first-order chi connectivity index (χ1) is 18.0. The first-order valence-electron chi connectivity index (χ1n) is 12.2. The Hall–Kier alpha value is -3.34. The highest BCUT2D eigenvalue weighted by atomic mass is 79.9. The van der Waals surface area contributed by atoms with E-state index in [1.54, 1.807) is 6.07 Å². The number of amides is 1. The first-order valence-corrected chi connectivity index (χ1v) is 13.0. The molecule has 0 aliphatic carbocycles. The number of carbonyl (C=O) groups excluding carboxylic acids is 1. The smallest absolute Gasteiger partial charge is 0.481 e. The Morgan fingerprint density at radius 1 is 1.18 bits per heavy atom. The monoisotopic (exact) mass is 593 g/mol. The molecule has 2 aromatic carbocycles. The van der Waals surface area contributed by atoms with E-state index in [1.807, 2.05) is 25.1 Å². The second-order valence-electron chi connectivity index (χ2n) is 9.22. The number of pyridine rings is 1. The van der Waals surface area contributed by atoms with Crippen molar-refractivity contribution in [2.24, 2.45) is 0 Å². The minimum absolute atomic E-state index is 0.00843. The number of alkyl halides is 3. The van der Waals surface area contributed by atoms with Crippen LogP contribution in [0.1, 0.15) is 53.1 Å². The van der Waals surface area contributed by atoms with E-state index in [4.69, 9.17) is 4.98 Å². The number of hydrogen-bond donors (Lipinski definition) is 2. The molecule has 1 fully saturated rings. The number of nitrogens with one attached hydrogen (secondary N) is 1. The van der Waals surface area contributed by atoms with Crippen molar-refractivity contribution in [3.63, 3.8) is 0 Å². The molecule has 2 heterocycles. The van der Waals surface area contributed by atoms with Crippen molar-refractivity contribution >= 4 is 44.5 Å². The number of para-hydroxylation sites is 1. The van der Waals surface area contributed by atoms with Gasteiger partial charge in [-0.2, -0.15) is 0 Å². The highest BCUT2D eigenvalue weighted by Gasteiger charge is 2.33. The van der Waals surface area contributed by atoms with E-state index < -0.39 is 29.9 Å². The van der Waals surface area contributed by atoms with Gasteiger partial charge in [-0.25, -0.2) is 4.98 Å². The largest absolute Gasteiger partial charge is 0.573 e. The number of aromatic nitrogens is 1. The van der Waals surface area contributed by atoms with Crippen LogP contribution in [0.5, 0.6) is 5.75 Å². The summed E-state index contributed by atoms with van der Waals surface area (Å²) in [4.78, 5) is 31.9. The van der Waals surface area contributed by atoms with Crippen LogP contribution in [0.2, 0.25) is 0 Å². The maximum absolute atomic E-state index is 13.6. The molecule has 11 heteroatoms. The van der Waals surface area contributed by atoms with E-state index in [0.717, 1.165) is 36.2 Å². The Morgan fingerprint density at radius 2 is 1.89 bits per heavy atom. The SMILES string of the molecule is Cc1c(N2CCCC2)nc2ccc(Br)cc2c1C(=O)NCC(CCC(=O)O)c1ccccc1OC(F)(F)F. The van der Waals surface area contributed by atoms with E-state index in [1.165, 1.54) is 18.2 Å². The number of anilines is 1. The van der Waals surface area contributed by atoms with Crippen LogP contribution in [-0.2, 0) is 4.79 Å². The van der Waals surface area contributed by atoms with Gasteiger partial charge in [0.05, 0.1) is 11.1 Å². The number of carbonyl (C=O) groups is 2. The first kappa shape index (κ1) is 27.7. The molecule has 1 unspecified atom stereocenters. The molecule has 7 nitrogen and oxygen atoms in total. The molecule has 0 bridgehead atoms. The van der Waals surface area contributed by atoms with E-state index in [9.17, 15) is 27.9 Å². The molecule has 2 N–H and O–H groups in total. The number of fused-ring (bicyclic) bond motifs is 1. The number of halogens is 4. The molecule has 1 aliphatic heterocycles. The second kappa shape index (κ2) is 11.6. The molecule has 0 saturated carbocycles. The van der Waals surface area contributed by atoms with Crippen molar-refractivity contribution in [1.29, 1.82) is 0 Å². The molecule has 1 atom stereocenters. The zero-order valence-corrected chi connectivity index (χ0v) is 22.2. The molecule has 1 aromatic heterocycles. The molecule has 202 valence electrons. The van der Waals surface area contributed by atoms with Crippen molar-refractivity contribution in [3.05, 3.63) is 63.6 Å². The van der Waals surface area contributed by atoms with Gasteiger partial charge in [0, 0.05) is 47.4 Å². The van der Waals surface area contributed by atoms with Gasteiger partial charge in [0.1, 0.15) is 11.6 Å². The third-order valence-corrected chi connectivity index (χ3v) is 7.09. The van der Waals surface area contributed by atoms with Gasteiger partial charge in [0.25, 0.3) is 5.91 Å². The van der Waals surface area contributed by atoms with Crippen molar-refractivity contribution in [2.75, 3.05) is 24.5 Å². The molecule has 1 amide bonds. The van der Waals surface area contributed by atoms with Crippen LogP contribution in [0.15, 0.2) is 46.9 Å². The number of nitrogens with zero attached hydrogens (tertiary/aromatic N) is 2. The average Bonchev–Trinajstić information content (AvgIpc) is 3.38. The molecule has 1 saturated heterocycles. The number of carboxylic acid groups (broad SMARTS) is 1. The Morgan fingerprint density at radius 3 is 2.58 bits per heavy atom. The Balaban J connectivity index is 1.67. The van der Waals surface area contributed by atoms with Gasteiger partial charge in [-0.3, -0.25) is 9.59 Å². The minimum Gasteiger partial charge on any atom is -0.481 e. The maximum atomic E-state index is 13.6. The maximum Gasteiger partial charge on any atom is 0.573 e. The quantitative estimate of drug-likeness (QED) is 0.308. The van der Waals surface area contributed by atoms with Gasteiger partial charge in [-0.1, -0.05) is 34.1 Å². The van der Waals surface area contributed by atoms with Crippen molar-refractivity contribution in [2.45, 2.75) is 44.9 Å². The van der Waals surface area contributed by atoms with Gasteiger partial charge in [0.2, 0.25) is 0 Å². The Bertz CT molecular complexity index is 1340. The number of ether oxygens (including phenoxy) is 1. The van der Waals surface area contributed by atoms with Crippen LogP contribution in [0.25, 0.3) is 10.9 Å². The fraction of sp³-hybridized carbons (Fsp3) is 0.370. The van der Waals surface area contributed by atoms with Gasteiger partial charge < -0.3 is 20.1 Å². The van der Waals surface area contributed by atoms with Crippen LogP contribution < -0.4 is 15.0 Å². The van der Waals surface area contributed by atoms with Crippen LogP contribution in [0.3, 0.4) is 0 Å². The number of aliphatic carboxylic acids is 1. The van der Waals surface area contributed by atoms with E-state index >= 15 is 0 Å². The molecule has 0 spiro atoms. The third kappa shape index (κ3) is 6.56. The fourth-order valence-electron chi connectivity index (χ4n) is 4.85. The van der Waals surface area contributed by atoms with Gasteiger partial charge >= 0.3 is 12.3 Å². The van der Waals surface area contributed by atoms with Crippen LogP contribution >= 0.6 is 15.9 Å². The predicted molar refractivity (Wildman–Crippen MR) is 141 cm³/mol. The normalized spacial score (nSPS) is 14.5. The predicted octanol–water partition coefficient (Wildman–Crippen LogP) is 6.18. The molecular formula is C27H27BrF3N3O4. The molecule has 1 aliphatic rings. The van der Waals surface area contributed by atoms with E-state index in [-0.39, 0.29) is 24.9 Å². The standard InChI is InChI=1S/C27H27BrF3N3O4/c1-16-24(20-14-18(28)9-10-21(20)33-25(16)34-12-4-5-13-34)26(37)32-15-17(8-11-23(35)36)19-6-2-3-7-22(19)38-27(29,30)31/h2-3,6-7,9-10,14,17H,4-5,8,11-13,15H2,1H3,(H,32,37)(H,35,36). The van der Waals surface area contributed by atoms with Crippen molar-refractivity contribution in [3.8, 4) is 5.75 Å². The number of hydrogen-bond acceptors (Lipinski definition) is 5. The minimum atomic E-state index is -4.91. The summed E-state index contributed by atoms with van der Waals surface area (Å²) >= 11 is 3.45. The molecule has 0 radical (unpaired) electrons. The molecular weight excluding hydrogens is 567 g/mol. The summed E-state index contributed by atoms with van der Waals surface area (Å²) in [5.41, 5.74) is 1.95. The highest BCUT2D eigenvalue weighted by molar-refractivity contribution is 9.10. The van der Waals surface area contributed by atoms with Crippen molar-refractivity contribution in [1.82, 2.24) is 10.3 Å². The lowest BCUT2D eigenvalue weighted by Gasteiger charge is -2.24. The Kier molecular flexibility index (Phi) is 8.44. The average molecular weight is 594 g/mol. The number of benzene rings is 2. The lowest BCUT2D eigenvalue weighted by Crippen LogP contribution is -2.31. The summed E-state index contributed by atoms with van der Waals surface area (Å²) in [5.74, 6) is -1.93. The van der Waals surface area contributed by atoms with E-state index in [0.29, 0.717) is 22.0 Å². The lowest BCUT2D eigenvalue weighted by molar-refractivity contribution is -0.275. The molecule has 4 rings (SSSR count). The van der Waals surface area contributed by atoms with Crippen LogP contribution in [0, 0.1) is 6.92 Å². The zero-order chi connectivity index (χ0) is 27.4. The van der Waals surface area contributed by atoms with Crippen molar-refractivity contribution < 1.29 is 32.6 Å². The summed E-state index contributed by atoms with van der Waals surface area (Å²) in [6.45, 7) is 3.43. The Labute approximate surface area is 226 Å². The highest BCUT2D eigenvalue weighted by Crippen LogP contribution is 2.35. The topological polar surface area (TPSA) is 91.8 Å². The number of carboxylic acids is 1. The van der Waals surface area contributed by atoms with Gasteiger partial charge in [0.15, 0.2) is 0 Å². The van der Waals surface area contributed by atoms with Gasteiger partial charge in [-0.05, 0) is 56.0 Å². The van der Waals surface area contributed by atoms with E-state index in [2.05, 4.69) is 30.9 Å². The lowest BCUT2D eigenvalue weighted by atomic mass is 9.93.